The van der Waals surface area contributed by atoms with Crippen LogP contribution in [0.5, 0.6) is 0 Å². The number of anilines is 1. The third-order valence-electron chi connectivity index (χ3n) is 5.69. The normalized spacial score (nSPS) is 20.1. The van der Waals surface area contributed by atoms with Crippen LogP contribution in [-0.4, -0.2) is 33.8 Å². The summed E-state index contributed by atoms with van der Waals surface area (Å²) in [4.78, 5) is 39.8. The molecule has 1 aliphatic heterocycles. The number of aromatic nitrogens is 3. The van der Waals surface area contributed by atoms with Gasteiger partial charge in [-0.05, 0) is 37.1 Å². The van der Waals surface area contributed by atoms with E-state index in [1.165, 1.54) is 0 Å². The Kier molecular flexibility index (Phi) is 4.53. The molecule has 1 aliphatic carbocycles. The first-order valence-corrected chi connectivity index (χ1v) is 9.56. The molecule has 1 fully saturated rings. The lowest BCUT2D eigenvalue weighted by Gasteiger charge is -2.26. The van der Waals surface area contributed by atoms with Crippen LogP contribution in [0.2, 0.25) is 0 Å². The summed E-state index contributed by atoms with van der Waals surface area (Å²) < 4.78 is 0. The molecule has 2 aromatic heterocycles. The number of hydrogen-bond donors (Lipinski definition) is 1. The van der Waals surface area contributed by atoms with Crippen LogP contribution in [0, 0.1) is 18.3 Å². The number of pyridine rings is 1. The van der Waals surface area contributed by atoms with Gasteiger partial charge in [0.25, 0.3) is 5.91 Å². The lowest BCUT2D eigenvalue weighted by Crippen LogP contribution is -2.31. The third kappa shape index (κ3) is 3.12. The maximum atomic E-state index is 13.3. The molecular formula is C22H23N5O2. The molecule has 1 saturated heterocycles. The largest absolute Gasteiger partial charge is 0.354 e. The van der Waals surface area contributed by atoms with Gasteiger partial charge in [0.1, 0.15) is 11.5 Å². The Bertz CT molecular complexity index is 1050. The lowest BCUT2D eigenvalue weighted by molar-refractivity contribution is -0.125. The molecule has 0 spiro atoms. The highest BCUT2D eigenvalue weighted by molar-refractivity contribution is 6.05. The molecule has 3 heterocycles. The van der Waals surface area contributed by atoms with Crippen molar-refractivity contribution in [1.29, 1.82) is 0 Å². The van der Waals surface area contributed by atoms with Gasteiger partial charge in [-0.15, -0.1) is 0 Å². The summed E-state index contributed by atoms with van der Waals surface area (Å²) in [7, 11) is 1.56. The first-order valence-electron chi connectivity index (χ1n) is 9.56. The number of amides is 2. The first-order chi connectivity index (χ1) is 13.8. The number of nitrogens with one attached hydrogen (secondary N) is 1. The minimum Gasteiger partial charge on any atom is -0.354 e. The number of hydrogen-bond acceptors (Lipinski definition) is 5. The molecule has 1 unspecified atom stereocenters. The highest BCUT2D eigenvalue weighted by atomic mass is 16.2. The predicted octanol–water partition coefficient (Wildman–Crippen LogP) is 2.90. The Hall–Kier alpha value is -3.35. The summed E-state index contributed by atoms with van der Waals surface area (Å²) in [6, 6.07) is 3.42. The highest BCUT2D eigenvalue weighted by Crippen LogP contribution is 2.50. The average Bonchev–Trinajstić information content (AvgIpc) is 2.93. The molecule has 1 atom stereocenters. The van der Waals surface area contributed by atoms with E-state index in [9.17, 15) is 9.59 Å². The molecule has 0 radical (unpaired) electrons. The number of rotatable bonds is 3. The Labute approximate surface area is 169 Å². The lowest BCUT2D eigenvalue weighted by atomic mass is 9.75. The van der Waals surface area contributed by atoms with Gasteiger partial charge in [0, 0.05) is 42.8 Å². The number of nitrogens with zero attached hydrogens (tertiary/aromatic N) is 4. The molecule has 29 heavy (non-hydrogen) atoms. The van der Waals surface area contributed by atoms with Crippen molar-refractivity contribution < 1.29 is 9.59 Å². The minimum atomic E-state index is -0.548. The van der Waals surface area contributed by atoms with Crippen molar-refractivity contribution >= 4 is 23.1 Å². The minimum absolute atomic E-state index is 0.0117. The van der Waals surface area contributed by atoms with Crippen molar-refractivity contribution in [3.8, 4) is 0 Å². The maximum absolute atomic E-state index is 13.3. The zero-order valence-electron chi connectivity index (χ0n) is 16.9. The summed E-state index contributed by atoms with van der Waals surface area (Å²) in [6.07, 6.45) is 10.1. The van der Waals surface area contributed by atoms with Crippen LogP contribution < -0.4 is 10.2 Å². The van der Waals surface area contributed by atoms with Crippen LogP contribution in [0.25, 0.3) is 5.57 Å². The number of carbonyl (C=O) groups excluding carboxylic acids is 2. The van der Waals surface area contributed by atoms with E-state index in [1.54, 1.807) is 42.7 Å². The molecule has 4 rings (SSSR count). The Morgan fingerprint density at radius 2 is 1.97 bits per heavy atom. The van der Waals surface area contributed by atoms with Crippen molar-refractivity contribution in [3.05, 3.63) is 65.7 Å². The van der Waals surface area contributed by atoms with E-state index in [0.717, 1.165) is 23.3 Å². The molecule has 0 aromatic carbocycles. The van der Waals surface area contributed by atoms with E-state index in [4.69, 9.17) is 0 Å². The monoisotopic (exact) mass is 389 g/mol. The second-order valence-corrected chi connectivity index (χ2v) is 7.88. The van der Waals surface area contributed by atoms with Crippen LogP contribution in [0.15, 0.2) is 48.6 Å². The molecule has 0 bridgehead atoms. The van der Waals surface area contributed by atoms with Crippen molar-refractivity contribution in [1.82, 2.24) is 20.3 Å². The highest BCUT2D eigenvalue weighted by Gasteiger charge is 2.51. The van der Waals surface area contributed by atoms with Crippen LogP contribution in [0.1, 0.15) is 42.1 Å². The molecule has 1 N–H and O–H groups in total. The molecule has 7 nitrogen and oxygen atoms in total. The topological polar surface area (TPSA) is 88.1 Å². The van der Waals surface area contributed by atoms with E-state index in [0.29, 0.717) is 11.5 Å². The maximum Gasteiger partial charge on any atom is 0.269 e. The molecule has 2 aromatic rings. The van der Waals surface area contributed by atoms with Crippen molar-refractivity contribution in [2.75, 3.05) is 11.9 Å². The summed E-state index contributed by atoms with van der Waals surface area (Å²) in [5.41, 5.74) is 3.21. The summed E-state index contributed by atoms with van der Waals surface area (Å²) in [5, 5.41) is 2.57. The van der Waals surface area contributed by atoms with Crippen LogP contribution >= 0.6 is 0 Å². The Morgan fingerprint density at radius 1 is 1.24 bits per heavy atom. The van der Waals surface area contributed by atoms with E-state index >= 15 is 0 Å². The standard InChI is InChI=1S/C22H23N5O2/c1-13-25-11-15(12-26-13)14-5-6-17-19(9-14)27(21(29)22(17,2)3)16-7-8-24-18(10-16)20(28)23-4/h5,7-12,17H,6H2,1-4H3,(H,23,28). The fourth-order valence-corrected chi connectivity index (χ4v) is 3.94. The molecule has 148 valence electrons. The average molecular weight is 389 g/mol. The van der Waals surface area contributed by atoms with E-state index in [2.05, 4.69) is 26.3 Å². The van der Waals surface area contributed by atoms with Gasteiger partial charge in [0.2, 0.25) is 5.91 Å². The van der Waals surface area contributed by atoms with Crippen molar-refractivity contribution in [2.45, 2.75) is 27.2 Å². The van der Waals surface area contributed by atoms with Crippen LogP contribution in [-0.2, 0) is 4.79 Å². The summed E-state index contributed by atoms with van der Waals surface area (Å²) >= 11 is 0. The second-order valence-electron chi connectivity index (χ2n) is 7.88. The van der Waals surface area contributed by atoms with Gasteiger partial charge in [-0.3, -0.25) is 19.5 Å². The van der Waals surface area contributed by atoms with Crippen molar-refractivity contribution in [2.24, 2.45) is 11.3 Å². The van der Waals surface area contributed by atoms with Crippen LogP contribution in [0.3, 0.4) is 0 Å². The van der Waals surface area contributed by atoms with Gasteiger partial charge in [0.15, 0.2) is 0 Å². The van der Waals surface area contributed by atoms with Gasteiger partial charge in [-0.1, -0.05) is 19.9 Å². The van der Waals surface area contributed by atoms with E-state index in [1.807, 2.05) is 26.8 Å². The van der Waals surface area contributed by atoms with E-state index in [-0.39, 0.29) is 23.4 Å². The SMILES string of the molecule is CNC(=O)c1cc(N2C(=O)C(C)(C)C3CC=C(c4cnc(C)nc4)C=C32)ccn1. The first kappa shape index (κ1) is 19.0. The molecule has 0 saturated carbocycles. The Morgan fingerprint density at radius 3 is 2.66 bits per heavy atom. The van der Waals surface area contributed by atoms with Gasteiger partial charge in [0.05, 0.1) is 11.1 Å². The van der Waals surface area contributed by atoms with E-state index < -0.39 is 5.41 Å². The summed E-state index contributed by atoms with van der Waals surface area (Å²) in [6.45, 7) is 5.80. The summed E-state index contributed by atoms with van der Waals surface area (Å²) in [5.74, 6) is 0.497. The fourth-order valence-electron chi connectivity index (χ4n) is 3.94. The molecule has 2 aliphatic rings. The van der Waals surface area contributed by atoms with Gasteiger partial charge >= 0.3 is 0 Å². The zero-order valence-corrected chi connectivity index (χ0v) is 16.9. The molecule has 7 heteroatoms. The second kappa shape index (κ2) is 6.92. The fraction of sp³-hybridized carbons (Fsp3) is 0.318. The van der Waals surface area contributed by atoms with Crippen molar-refractivity contribution in [3.63, 3.8) is 0 Å². The number of carbonyl (C=O) groups is 2. The zero-order chi connectivity index (χ0) is 20.8. The quantitative estimate of drug-likeness (QED) is 0.872. The van der Waals surface area contributed by atoms with Gasteiger partial charge in [-0.25, -0.2) is 9.97 Å². The number of fused-ring (bicyclic) bond motifs is 1. The smallest absolute Gasteiger partial charge is 0.269 e. The Balaban J connectivity index is 1.79. The van der Waals surface area contributed by atoms with Gasteiger partial charge < -0.3 is 5.32 Å². The van der Waals surface area contributed by atoms with Gasteiger partial charge in [-0.2, -0.15) is 0 Å². The molecule has 2 amide bonds. The third-order valence-corrected chi connectivity index (χ3v) is 5.69. The number of allylic oxidation sites excluding steroid dienone is 4. The molecular weight excluding hydrogens is 366 g/mol. The predicted molar refractivity (Wildman–Crippen MR) is 110 cm³/mol. The number of aryl methyl sites for hydroxylation is 1. The van der Waals surface area contributed by atoms with Crippen LogP contribution in [0.4, 0.5) is 5.69 Å².